The molecule has 2 N–H and O–H groups in total. The van der Waals surface area contributed by atoms with Gasteiger partial charge in [0.1, 0.15) is 36.6 Å². The van der Waals surface area contributed by atoms with Crippen molar-refractivity contribution in [3.8, 4) is 0 Å². The highest BCUT2D eigenvalue weighted by atomic mass is 16.7. The van der Waals surface area contributed by atoms with Gasteiger partial charge in [-0.15, -0.1) is 0 Å². The van der Waals surface area contributed by atoms with Crippen LogP contribution in [0.1, 0.15) is 22.3 Å². The van der Waals surface area contributed by atoms with Crippen LogP contribution in [-0.2, 0) is 59.6 Å². The molecule has 1 aliphatic heterocycles. The fraction of sp³-hybridized carbons (Fsp3) is 0.349. The summed E-state index contributed by atoms with van der Waals surface area (Å²) in [4.78, 5) is 0. The van der Waals surface area contributed by atoms with Gasteiger partial charge in [0.25, 0.3) is 0 Å². The van der Waals surface area contributed by atoms with Gasteiger partial charge in [0, 0.05) is 7.11 Å². The van der Waals surface area contributed by atoms with E-state index in [0.717, 1.165) is 27.6 Å². The Kier molecular flexibility index (Phi) is 14.3. The van der Waals surface area contributed by atoms with Crippen molar-refractivity contribution in [3.63, 3.8) is 0 Å². The molecule has 0 aromatic heterocycles. The Hall–Kier alpha value is -4.00. The third-order valence-electron chi connectivity index (χ3n) is 9.17. The van der Waals surface area contributed by atoms with Crippen LogP contribution in [0.3, 0.4) is 0 Å². The predicted octanol–water partition coefficient (Wildman–Crippen LogP) is 6.22. The Morgan fingerprint density at radius 1 is 0.596 bits per heavy atom. The van der Waals surface area contributed by atoms with Crippen LogP contribution < -0.4 is 0 Å². The lowest BCUT2D eigenvalue weighted by atomic mass is 10.1. The molecule has 6 rings (SSSR count). The molecule has 52 heavy (non-hydrogen) atoms. The molecule has 0 bridgehead atoms. The molecule has 0 spiro atoms. The third-order valence-corrected chi connectivity index (χ3v) is 9.17. The Balaban J connectivity index is 1.27. The van der Waals surface area contributed by atoms with Crippen LogP contribution in [0.25, 0.3) is 10.8 Å². The van der Waals surface area contributed by atoms with Gasteiger partial charge in [-0.05, 0) is 39.1 Å². The Bertz CT molecular complexity index is 1740. The van der Waals surface area contributed by atoms with Crippen LogP contribution in [0, 0.1) is 0 Å². The summed E-state index contributed by atoms with van der Waals surface area (Å²) in [5.41, 5.74) is 4.02. The normalized spacial score (nSPS) is 20.5. The molecule has 5 aromatic carbocycles. The van der Waals surface area contributed by atoms with Crippen molar-refractivity contribution >= 4 is 10.8 Å². The fourth-order valence-electron chi connectivity index (χ4n) is 6.30. The molecule has 0 radical (unpaired) electrons. The second-order valence-electron chi connectivity index (χ2n) is 12.9. The molecule has 274 valence electrons. The SMILES string of the molecule is COC1C(O)[C@@H](CO)O[C@H]1OCC(OCc1ccccc1)C(OCc1ccccc1)C(COCc1ccc2ccccc2c1)OCc1ccccc1. The zero-order valence-corrected chi connectivity index (χ0v) is 29.4. The molecule has 0 aliphatic carbocycles. The minimum absolute atomic E-state index is 0.0115. The van der Waals surface area contributed by atoms with Crippen molar-refractivity contribution in [3.05, 3.63) is 156 Å². The fourth-order valence-corrected chi connectivity index (χ4v) is 6.30. The number of hydrogen-bond acceptors (Lipinski definition) is 9. The minimum Gasteiger partial charge on any atom is -0.394 e. The molecule has 1 fully saturated rings. The molecule has 9 heteroatoms. The molecule has 1 heterocycles. The van der Waals surface area contributed by atoms with Crippen molar-refractivity contribution in [2.75, 3.05) is 26.9 Å². The molecule has 0 amide bonds. The summed E-state index contributed by atoms with van der Waals surface area (Å²) in [5.74, 6) is 0. The molecule has 1 saturated heterocycles. The molecule has 9 nitrogen and oxygen atoms in total. The van der Waals surface area contributed by atoms with Crippen LogP contribution in [0.2, 0.25) is 0 Å². The van der Waals surface area contributed by atoms with E-state index < -0.39 is 42.9 Å². The average molecular weight is 709 g/mol. The standard InChI is InChI=1S/C43H48O9/c1-46-42-40(45)37(24-44)52-43(42)51-30-39(49-27-32-15-7-3-8-16-32)41(50-28-33-17-9-4-10-18-33)38(48-26-31-13-5-2-6-14-31)29-47-25-34-21-22-35-19-11-12-20-36(35)23-34/h2-23,37-45H,24-30H2,1H3/t37-,38?,39?,40?,41?,42?,43-/m1/s1. The van der Waals surface area contributed by atoms with Gasteiger partial charge in [-0.3, -0.25) is 0 Å². The highest BCUT2D eigenvalue weighted by Gasteiger charge is 2.45. The molecule has 5 aromatic rings. The highest BCUT2D eigenvalue weighted by Crippen LogP contribution is 2.27. The van der Waals surface area contributed by atoms with Gasteiger partial charge in [-0.25, -0.2) is 0 Å². The lowest BCUT2D eigenvalue weighted by molar-refractivity contribution is -0.220. The van der Waals surface area contributed by atoms with Gasteiger partial charge in [0.05, 0.1) is 46.2 Å². The molecular formula is C43H48O9. The van der Waals surface area contributed by atoms with E-state index in [1.54, 1.807) is 0 Å². The van der Waals surface area contributed by atoms with Crippen LogP contribution in [0.15, 0.2) is 133 Å². The quantitative estimate of drug-likeness (QED) is 0.0975. The topological polar surface area (TPSA) is 105 Å². The maximum absolute atomic E-state index is 10.7. The number of aliphatic hydroxyl groups excluding tert-OH is 2. The van der Waals surface area contributed by atoms with Crippen molar-refractivity contribution in [2.45, 2.75) is 69.3 Å². The molecule has 5 unspecified atom stereocenters. The second-order valence-corrected chi connectivity index (χ2v) is 12.9. The maximum atomic E-state index is 10.7. The van der Waals surface area contributed by atoms with E-state index >= 15 is 0 Å². The Morgan fingerprint density at radius 2 is 1.13 bits per heavy atom. The van der Waals surface area contributed by atoms with Crippen molar-refractivity contribution in [1.29, 1.82) is 0 Å². The van der Waals surface area contributed by atoms with E-state index in [1.807, 2.05) is 103 Å². The number of hydrogen-bond donors (Lipinski definition) is 2. The van der Waals surface area contributed by atoms with Gasteiger partial charge in [-0.2, -0.15) is 0 Å². The largest absolute Gasteiger partial charge is 0.394 e. The number of ether oxygens (including phenoxy) is 7. The van der Waals surface area contributed by atoms with E-state index in [4.69, 9.17) is 33.2 Å². The average Bonchev–Trinajstić information content (AvgIpc) is 3.51. The van der Waals surface area contributed by atoms with Gasteiger partial charge in [0.2, 0.25) is 0 Å². The first kappa shape index (κ1) is 37.7. The summed E-state index contributed by atoms with van der Waals surface area (Å²) in [6, 6.07) is 44.4. The van der Waals surface area contributed by atoms with E-state index in [9.17, 15) is 10.2 Å². The monoisotopic (exact) mass is 708 g/mol. The summed E-state index contributed by atoms with van der Waals surface area (Å²) in [6.45, 7) is 1.11. The van der Waals surface area contributed by atoms with Gasteiger partial charge in [0.15, 0.2) is 6.29 Å². The smallest absolute Gasteiger partial charge is 0.187 e. The maximum Gasteiger partial charge on any atom is 0.187 e. The first-order valence-corrected chi connectivity index (χ1v) is 17.7. The Labute approximate surface area is 305 Å². The van der Waals surface area contributed by atoms with Gasteiger partial charge < -0.3 is 43.4 Å². The first-order chi connectivity index (χ1) is 25.6. The van der Waals surface area contributed by atoms with Crippen molar-refractivity contribution < 1.29 is 43.4 Å². The zero-order valence-electron chi connectivity index (χ0n) is 29.4. The van der Waals surface area contributed by atoms with Crippen LogP contribution in [0.5, 0.6) is 0 Å². The number of rotatable bonds is 20. The molecule has 7 atom stereocenters. The van der Waals surface area contributed by atoms with Crippen molar-refractivity contribution in [2.24, 2.45) is 0 Å². The first-order valence-electron chi connectivity index (χ1n) is 17.7. The van der Waals surface area contributed by atoms with Crippen LogP contribution >= 0.6 is 0 Å². The number of benzene rings is 5. The van der Waals surface area contributed by atoms with E-state index in [2.05, 4.69) is 30.3 Å². The number of methoxy groups -OCH3 is 1. The Morgan fingerprint density at radius 3 is 1.71 bits per heavy atom. The van der Waals surface area contributed by atoms with Crippen LogP contribution in [0.4, 0.5) is 0 Å². The second kappa shape index (κ2) is 19.7. The molecule has 1 aliphatic rings. The highest BCUT2D eigenvalue weighted by molar-refractivity contribution is 5.82. The van der Waals surface area contributed by atoms with E-state index in [-0.39, 0.29) is 26.4 Å². The summed E-state index contributed by atoms with van der Waals surface area (Å²) < 4.78 is 44.2. The molecular weight excluding hydrogens is 660 g/mol. The third kappa shape index (κ3) is 10.5. The summed E-state index contributed by atoms with van der Waals surface area (Å²) in [6.07, 6.45) is -5.58. The minimum atomic E-state index is -1.06. The summed E-state index contributed by atoms with van der Waals surface area (Å²) >= 11 is 0. The van der Waals surface area contributed by atoms with Crippen molar-refractivity contribution in [1.82, 2.24) is 0 Å². The van der Waals surface area contributed by atoms with Gasteiger partial charge in [-0.1, -0.05) is 127 Å². The summed E-state index contributed by atoms with van der Waals surface area (Å²) in [5, 5.41) is 22.8. The lowest BCUT2D eigenvalue weighted by Crippen LogP contribution is -2.48. The van der Waals surface area contributed by atoms with Crippen LogP contribution in [-0.4, -0.2) is 80.1 Å². The van der Waals surface area contributed by atoms with E-state index in [1.165, 1.54) is 12.5 Å². The number of fused-ring (bicyclic) bond motifs is 1. The summed E-state index contributed by atoms with van der Waals surface area (Å²) in [7, 11) is 1.48. The lowest BCUT2D eigenvalue weighted by Gasteiger charge is -2.34. The number of aliphatic hydroxyl groups is 2. The zero-order chi connectivity index (χ0) is 36.0. The predicted molar refractivity (Wildman–Crippen MR) is 197 cm³/mol. The van der Waals surface area contributed by atoms with Gasteiger partial charge >= 0.3 is 0 Å². The molecule has 0 saturated carbocycles. The van der Waals surface area contributed by atoms with E-state index in [0.29, 0.717) is 19.8 Å².